The number of carbonyl (C=O) groups is 2. The number of ketones is 1. The van der Waals surface area contributed by atoms with Gasteiger partial charge in [-0.1, -0.05) is 24.3 Å². The number of para-hydroxylation sites is 1. The molecule has 4 aromatic rings. The first-order valence-corrected chi connectivity index (χ1v) is 10.6. The number of halogens is 1. The molecule has 8 nitrogen and oxygen atoms in total. The molecule has 0 atom stereocenters. The largest absolute Gasteiger partial charge is 0.456 e. The summed E-state index contributed by atoms with van der Waals surface area (Å²) in [7, 11) is 0. The second-order valence-electron chi connectivity index (χ2n) is 7.94. The van der Waals surface area contributed by atoms with E-state index < -0.39 is 30.4 Å². The third kappa shape index (κ3) is 4.59. The van der Waals surface area contributed by atoms with E-state index in [0.29, 0.717) is 23.3 Å². The van der Waals surface area contributed by atoms with Crippen molar-refractivity contribution in [1.82, 2.24) is 14.1 Å². The average Bonchev–Trinajstić information content (AvgIpc) is 3.10. The lowest BCUT2D eigenvalue weighted by molar-refractivity contribution is -0.143. The van der Waals surface area contributed by atoms with Gasteiger partial charge in [0.05, 0.1) is 10.9 Å². The lowest BCUT2D eigenvalue weighted by atomic mass is 10.1. The van der Waals surface area contributed by atoms with Gasteiger partial charge in [0, 0.05) is 23.5 Å². The van der Waals surface area contributed by atoms with Crippen LogP contribution in [0.5, 0.6) is 0 Å². The molecule has 34 heavy (non-hydrogen) atoms. The van der Waals surface area contributed by atoms with Gasteiger partial charge in [0.1, 0.15) is 12.4 Å². The highest BCUT2D eigenvalue weighted by Gasteiger charge is 2.18. The van der Waals surface area contributed by atoms with E-state index in [0.717, 1.165) is 15.8 Å². The first-order valence-electron chi connectivity index (χ1n) is 10.6. The second-order valence-corrected chi connectivity index (χ2v) is 7.94. The number of hydrogen-bond donors (Lipinski definition) is 1. The van der Waals surface area contributed by atoms with E-state index in [4.69, 9.17) is 4.74 Å². The number of rotatable bonds is 7. The predicted molar refractivity (Wildman–Crippen MR) is 124 cm³/mol. The summed E-state index contributed by atoms with van der Waals surface area (Å²) in [6, 6.07) is 14.2. The number of hydrogen-bond acceptors (Lipinski definition) is 5. The Hall–Kier alpha value is -4.27. The van der Waals surface area contributed by atoms with Gasteiger partial charge >= 0.3 is 11.7 Å². The van der Waals surface area contributed by atoms with Gasteiger partial charge in [-0.2, -0.15) is 0 Å². The van der Waals surface area contributed by atoms with Crippen molar-refractivity contribution in [3.8, 4) is 0 Å². The smallest absolute Gasteiger partial charge is 0.329 e. The molecule has 0 aliphatic carbocycles. The highest BCUT2D eigenvalue weighted by atomic mass is 19.1. The van der Waals surface area contributed by atoms with Crippen molar-refractivity contribution in [3.05, 3.63) is 104 Å². The van der Waals surface area contributed by atoms with Gasteiger partial charge < -0.3 is 9.30 Å². The van der Waals surface area contributed by atoms with Crippen molar-refractivity contribution in [2.75, 3.05) is 6.61 Å². The molecule has 4 rings (SSSR count). The quantitative estimate of drug-likeness (QED) is 0.335. The van der Waals surface area contributed by atoms with Crippen LogP contribution in [0.2, 0.25) is 0 Å². The highest BCUT2D eigenvalue weighted by molar-refractivity contribution is 5.99. The minimum atomic E-state index is -0.784. The van der Waals surface area contributed by atoms with Gasteiger partial charge in [-0.15, -0.1) is 0 Å². The molecule has 0 bridgehead atoms. The summed E-state index contributed by atoms with van der Waals surface area (Å²) in [6.45, 7) is 3.17. The number of H-pyrrole nitrogens is 1. The summed E-state index contributed by atoms with van der Waals surface area (Å²) < 4.78 is 21.3. The van der Waals surface area contributed by atoms with Crippen molar-refractivity contribution < 1.29 is 18.7 Å². The van der Waals surface area contributed by atoms with E-state index in [1.54, 1.807) is 49.4 Å². The zero-order valence-electron chi connectivity index (χ0n) is 18.6. The summed E-state index contributed by atoms with van der Waals surface area (Å²) in [5.74, 6) is -1.49. The zero-order valence-corrected chi connectivity index (χ0v) is 18.6. The molecule has 0 spiro atoms. The molecule has 0 amide bonds. The Kier molecular flexibility index (Phi) is 6.27. The van der Waals surface area contributed by atoms with Gasteiger partial charge in [-0.05, 0) is 49.7 Å². The van der Waals surface area contributed by atoms with E-state index in [2.05, 4.69) is 4.98 Å². The Morgan fingerprint density at radius 3 is 2.44 bits per heavy atom. The normalized spacial score (nSPS) is 11.0. The van der Waals surface area contributed by atoms with Gasteiger partial charge in [0.15, 0.2) is 6.61 Å². The van der Waals surface area contributed by atoms with Crippen LogP contribution in [0.3, 0.4) is 0 Å². The maximum atomic E-state index is 13.2. The van der Waals surface area contributed by atoms with Gasteiger partial charge in [0.25, 0.3) is 5.56 Å². The number of carbonyl (C=O) groups excluding carboxylic acids is 2. The predicted octanol–water partition coefficient (Wildman–Crippen LogP) is 2.72. The number of aromatic amines is 1. The maximum absolute atomic E-state index is 13.2. The monoisotopic (exact) mass is 463 g/mol. The van der Waals surface area contributed by atoms with Crippen LogP contribution in [0.1, 0.15) is 27.3 Å². The fourth-order valence-corrected chi connectivity index (χ4v) is 3.90. The fourth-order valence-electron chi connectivity index (χ4n) is 3.90. The standard InChI is InChI=1S/C25H22FN3O5/c1-15-11-20(16(2)28(15)12-17-7-9-18(26)10-8-17)22(30)14-34-23(31)13-29-21-6-4-3-5-19(21)24(32)27-25(29)33/h3-11H,12-14H2,1-2H3,(H,27,32,33). The van der Waals surface area contributed by atoms with Crippen molar-refractivity contribution in [3.63, 3.8) is 0 Å². The molecule has 0 aliphatic rings. The molecule has 0 radical (unpaired) electrons. The van der Waals surface area contributed by atoms with E-state index in [9.17, 15) is 23.6 Å². The summed E-state index contributed by atoms with van der Waals surface area (Å²) in [4.78, 5) is 51.5. The topological polar surface area (TPSA) is 103 Å². The number of Topliss-reactive ketones (excluding diaryl/α,β-unsaturated/α-hetero) is 1. The molecular formula is C25H22FN3O5. The molecule has 2 heterocycles. The molecule has 1 N–H and O–H groups in total. The van der Waals surface area contributed by atoms with Gasteiger partial charge in [-0.25, -0.2) is 9.18 Å². The number of aromatic nitrogens is 3. The van der Waals surface area contributed by atoms with E-state index in [1.807, 2.05) is 11.5 Å². The average molecular weight is 463 g/mol. The molecule has 0 saturated carbocycles. The van der Waals surface area contributed by atoms with E-state index in [1.165, 1.54) is 12.1 Å². The van der Waals surface area contributed by atoms with Crippen molar-refractivity contribution in [1.29, 1.82) is 0 Å². The lowest BCUT2D eigenvalue weighted by Gasteiger charge is -2.11. The van der Waals surface area contributed by atoms with Crippen molar-refractivity contribution in [2.24, 2.45) is 0 Å². The number of ether oxygens (including phenoxy) is 1. The Labute approximate surface area is 193 Å². The summed E-state index contributed by atoms with van der Waals surface area (Å²) in [5, 5.41) is 0.263. The lowest BCUT2D eigenvalue weighted by Crippen LogP contribution is -2.33. The summed E-state index contributed by atoms with van der Waals surface area (Å²) in [6.07, 6.45) is 0. The van der Waals surface area contributed by atoms with Crippen LogP contribution in [0.15, 0.2) is 64.2 Å². The number of fused-ring (bicyclic) bond motifs is 1. The molecular weight excluding hydrogens is 441 g/mol. The van der Waals surface area contributed by atoms with Crippen LogP contribution >= 0.6 is 0 Å². The van der Waals surface area contributed by atoms with Crippen LogP contribution in [-0.4, -0.2) is 32.5 Å². The van der Waals surface area contributed by atoms with Gasteiger partial charge in [0.2, 0.25) is 5.78 Å². The summed E-state index contributed by atoms with van der Waals surface area (Å²) in [5.41, 5.74) is 1.84. The number of nitrogens with one attached hydrogen (secondary N) is 1. The number of benzene rings is 2. The third-order valence-electron chi connectivity index (χ3n) is 5.68. The molecule has 0 unspecified atom stereocenters. The van der Waals surface area contributed by atoms with Crippen LogP contribution in [0, 0.1) is 19.7 Å². The van der Waals surface area contributed by atoms with Gasteiger partial charge in [-0.3, -0.25) is 23.9 Å². The minimum Gasteiger partial charge on any atom is -0.456 e. The molecule has 2 aromatic heterocycles. The first-order chi connectivity index (χ1) is 16.2. The van der Waals surface area contributed by atoms with Crippen LogP contribution in [-0.2, 0) is 22.6 Å². The first kappa shape index (κ1) is 22.9. The van der Waals surface area contributed by atoms with Crippen molar-refractivity contribution >= 4 is 22.7 Å². The Morgan fingerprint density at radius 2 is 1.71 bits per heavy atom. The van der Waals surface area contributed by atoms with E-state index >= 15 is 0 Å². The fraction of sp³-hybridized carbons (Fsp3) is 0.200. The number of aryl methyl sites for hydroxylation is 1. The zero-order chi connectivity index (χ0) is 24.4. The summed E-state index contributed by atoms with van der Waals surface area (Å²) >= 11 is 0. The molecule has 0 fully saturated rings. The highest BCUT2D eigenvalue weighted by Crippen LogP contribution is 2.18. The molecule has 174 valence electrons. The van der Waals surface area contributed by atoms with Crippen LogP contribution in [0.4, 0.5) is 4.39 Å². The third-order valence-corrected chi connectivity index (χ3v) is 5.68. The van der Waals surface area contributed by atoms with Crippen LogP contribution in [0.25, 0.3) is 10.9 Å². The number of nitrogens with zero attached hydrogens (tertiary/aromatic N) is 2. The molecule has 9 heteroatoms. The Bertz CT molecular complexity index is 1510. The maximum Gasteiger partial charge on any atom is 0.329 e. The van der Waals surface area contributed by atoms with Crippen molar-refractivity contribution in [2.45, 2.75) is 26.9 Å². The molecule has 2 aromatic carbocycles. The SMILES string of the molecule is Cc1cc(C(=O)COC(=O)Cn2c(=O)[nH]c(=O)c3ccccc32)c(C)n1Cc1ccc(F)cc1. The van der Waals surface area contributed by atoms with Crippen LogP contribution < -0.4 is 11.2 Å². The number of esters is 1. The molecule has 0 aliphatic heterocycles. The Morgan fingerprint density at radius 1 is 1.00 bits per heavy atom. The Balaban J connectivity index is 1.46. The minimum absolute atomic E-state index is 0.263. The molecule has 0 saturated heterocycles. The van der Waals surface area contributed by atoms with E-state index in [-0.39, 0.29) is 17.0 Å². The second kappa shape index (κ2) is 9.30.